The molecule has 2 aliphatic heterocycles. The molecule has 5 heteroatoms. The van der Waals surface area contributed by atoms with E-state index in [0.29, 0.717) is 19.5 Å². The van der Waals surface area contributed by atoms with E-state index in [-0.39, 0.29) is 23.3 Å². The van der Waals surface area contributed by atoms with Gasteiger partial charge in [-0.1, -0.05) is 0 Å². The number of hydrogen-bond acceptors (Lipinski definition) is 2. The first-order valence-electron chi connectivity index (χ1n) is 7.60. The second-order valence-corrected chi connectivity index (χ2v) is 7.07. The number of carbonyl (C=O) groups is 2. The molecule has 0 bridgehead atoms. The number of hydrogen-bond donors (Lipinski definition) is 1. The lowest BCUT2D eigenvalue weighted by Gasteiger charge is -2.33. The summed E-state index contributed by atoms with van der Waals surface area (Å²) in [6.07, 6.45) is 3.16. The van der Waals surface area contributed by atoms with Gasteiger partial charge in [-0.25, -0.2) is 0 Å². The lowest BCUT2D eigenvalue weighted by Crippen LogP contribution is -2.44. The number of carbonyl (C=O) groups excluding carboxylic acids is 2. The molecule has 1 atom stereocenters. The molecule has 3 heterocycles. The molecule has 1 unspecified atom stereocenters. The minimum Gasteiger partial charge on any atom is -0.365 e. The van der Waals surface area contributed by atoms with Gasteiger partial charge < -0.3 is 14.8 Å². The fraction of sp³-hybridized carbons (Fsp3) is 0.625. The van der Waals surface area contributed by atoms with Crippen molar-refractivity contribution >= 4 is 11.8 Å². The highest BCUT2D eigenvalue weighted by Crippen LogP contribution is 2.28. The minimum atomic E-state index is -0.207. The number of amides is 2. The van der Waals surface area contributed by atoms with Crippen molar-refractivity contribution < 1.29 is 9.59 Å². The van der Waals surface area contributed by atoms with Crippen LogP contribution in [0.25, 0.3) is 0 Å². The number of nitrogens with zero attached hydrogens (tertiary/aromatic N) is 2. The van der Waals surface area contributed by atoms with Crippen molar-refractivity contribution in [3.8, 4) is 0 Å². The van der Waals surface area contributed by atoms with E-state index < -0.39 is 0 Å². The third kappa shape index (κ3) is 2.57. The Kier molecular flexibility index (Phi) is 3.30. The number of nitrogens with one attached hydrogen (secondary N) is 1. The lowest BCUT2D eigenvalue weighted by atomic mass is 10.0. The third-order valence-electron chi connectivity index (χ3n) is 4.52. The lowest BCUT2D eigenvalue weighted by molar-refractivity contribution is -0.136. The first kappa shape index (κ1) is 14.2. The van der Waals surface area contributed by atoms with Gasteiger partial charge in [0.15, 0.2) is 0 Å². The van der Waals surface area contributed by atoms with Crippen LogP contribution in [0, 0.1) is 5.92 Å². The Labute approximate surface area is 125 Å². The number of aromatic amines is 1. The third-order valence-corrected chi connectivity index (χ3v) is 4.52. The molecule has 114 valence electrons. The molecule has 5 nitrogen and oxygen atoms in total. The predicted octanol–water partition coefficient (Wildman–Crippen LogP) is 1.55. The van der Waals surface area contributed by atoms with E-state index in [9.17, 15) is 9.59 Å². The van der Waals surface area contributed by atoms with Gasteiger partial charge in [0.1, 0.15) is 0 Å². The summed E-state index contributed by atoms with van der Waals surface area (Å²) in [5, 5.41) is 0. The van der Waals surface area contributed by atoms with Crippen LogP contribution in [0.2, 0.25) is 0 Å². The molecule has 21 heavy (non-hydrogen) atoms. The van der Waals surface area contributed by atoms with Crippen molar-refractivity contribution in [2.24, 2.45) is 5.92 Å². The summed E-state index contributed by atoms with van der Waals surface area (Å²) < 4.78 is 0. The van der Waals surface area contributed by atoms with Gasteiger partial charge in [0.2, 0.25) is 11.8 Å². The summed E-state index contributed by atoms with van der Waals surface area (Å²) >= 11 is 0. The number of likely N-dealkylation sites (tertiary alicyclic amines) is 1. The predicted molar refractivity (Wildman–Crippen MR) is 79.5 cm³/mol. The Morgan fingerprint density at radius 2 is 2.14 bits per heavy atom. The zero-order valence-electron chi connectivity index (χ0n) is 13.0. The van der Waals surface area contributed by atoms with Crippen molar-refractivity contribution in [2.45, 2.75) is 45.7 Å². The van der Waals surface area contributed by atoms with E-state index in [1.165, 1.54) is 11.3 Å². The van der Waals surface area contributed by atoms with Gasteiger partial charge in [-0.2, -0.15) is 0 Å². The van der Waals surface area contributed by atoms with Gasteiger partial charge in [-0.05, 0) is 32.4 Å². The quantitative estimate of drug-likeness (QED) is 0.852. The van der Waals surface area contributed by atoms with Crippen LogP contribution in [0.15, 0.2) is 12.3 Å². The van der Waals surface area contributed by atoms with Gasteiger partial charge in [0.05, 0.1) is 5.92 Å². The maximum absolute atomic E-state index is 12.7. The van der Waals surface area contributed by atoms with Crippen LogP contribution in [0.1, 0.15) is 38.4 Å². The van der Waals surface area contributed by atoms with Gasteiger partial charge in [0, 0.05) is 49.9 Å². The van der Waals surface area contributed by atoms with E-state index in [1.807, 2.05) is 42.8 Å². The SMILES string of the molecule is CC(C)(C)N1CC(C(=O)N2CCc3[nH]ccc3C2)CC1=O. The minimum absolute atomic E-state index is 0.0974. The molecule has 2 aliphatic rings. The van der Waals surface area contributed by atoms with E-state index in [2.05, 4.69) is 4.98 Å². The highest BCUT2D eigenvalue weighted by atomic mass is 16.2. The van der Waals surface area contributed by atoms with Crippen LogP contribution >= 0.6 is 0 Å². The van der Waals surface area contributed by atoms with Crippen LogP contribution in [-0.2, 0) is 22.6 Å². The van der Waals surface area contributed by atoms with Gasteiger partial charge in [0.25, 0.3) is 0 Å². The van der Waals surface area contributed by atoms with Crippen LogP contribution in [0.4, 0.5) is 0 Å². The molecule has 1 N–H and O–H groups in total. The molecule has 1 aromatic heterocycles. The normalized spacial score (nSPS) is 22.6. The summed E-state index contributed by atoms with van der Waals surface area (Å²) in [6.45, 7) is 8.02. The van der Waals surface area contributed by atoms with Crippen molar-refractivity contribution in [1.29, 1.82) is 0 Å². The Hall–Kier alpha value is -1.78. The second kappa shape index (κ2) is 4.90. The first-order valence-corrected chi connectivity index (χ1v) is 7.60. The maximum Gasteiger partial charge on any atom is 0.228 e. The monoisotopic (exact) mass is 289 g/mol. The molecule has 0 radical (unpaired) electrons. The van der Waals surface area contributed by atoms with Crippen molar-refractivity contribution in [3.63, 3.8) is 0 Å². The Balaban J connectivity index is 1.69. The van der Waals surface area contributed by atoms with Crippen LogP contribution in [-0.4, -0.2) is 45.2 Å². The number of H-pyrrole nitrogens is 1. The summed E-state index contributed by atoms with van der Waals surface area (Å²) in [4.78, 5) is 31.8. The summed E-state index contributed by atoms with van der Waals surface area (Å²) in [5.74, 6) is 0.0411. The Morgan fingerprint density at radius 1 is 1.38 bits per heavy atom. The highest BCUT2D eigenvalue weighted by Gasteiger charge is 2.41. The number of fused-ring (bicyclic) bond motifs is 1. The molecule has 0 saturated carbocycles. The zero-order chi connectivity index (χ0) is 15.2. The average Bonchev–Trinajstić information content (AvgIpc) is 3.02. The summed E-state index contributed by atoms with van der Waals surface area (Å²) in [5.41, 5.74) is 2.23. The molecule has 3 rings (SSSR count). The molecule has 0 aliphatic carbocycles. The van der Waals surface area contributed by atoms with E-state index in [1.54, 1.807) is 0 Å². The van der Waals surface area contributed by atoms with Crippen LogP contribution in [0.3, 0.4) is 0 Å². The van der Waals surface area contributed by atoms with Crippen molar-refractivity contribution in [1.82, 2.24) is 14.8 Å². The fourth-order valence-corrected chi connectivity index (χ4v) is 3.32. The smallest absolute Gasteiger partial charge is 0.228 e. The van der Waals surface area contributed by atoms with Gasteiger partial charge >= 0.3 is 0 Å². The molecule has 1 aromatic rings. The van der Waals surface area contributed by atoms with E-state index in [0.717, 1.165) is 13.0 Å². The van der Waals surface area contributed by atoms with Crippen molar-refractivity contribution in [3.05, 3.63) is 23.5 Å². The standard InChI is InChI=1S/C16H23N3O2/c1-16(2,3)19-10-12(8-14(19)20)15(21)18-7-5-13-11(9-18)4-6-17-13/h4,6,12,17H,5,7-10H2,1-3H3. The second-order valence-electron chi connectivity index (χ2n) is 7.07. The molecule has 2 amide bonds. The summed E-state index contributed by atoms with van der Waals surface area (Å²) in [6, 6.07) is 2.04. The molecular formula is C16H23N3O2. The largest absolute Gasteiger partial charge is 0.365 e. The number of rotatable bonds is 1. The summed E-state index contributed by atoms with van der Waals surface area (Å²) in [7, 11) is 0. The van der Waals surface area contributed by atoms with E-state index >= 15 is 0 Å². The van der Waals surface area contributed by atoms with Gasteiger partial charge in [-0.15, -0.1) is 0 Å². The van der Waals surface area contributed by atoms with Gasteiger partial charge in [-0.3, -0.25) is 9.59 Å². The molecule has 1 fully saturated rings. The zero-order valence-corrected chi connectivity index (χ0v) is 13.0. The topological polar surface area (TPSA) is 56.4 Å². The maximum atomic E-state index is 12.7. The number of aromatic nitrogens is 1. The van der Waals surface area contributed by atoms with Crippen LogP contribution in [0.5, 0.6) is 0 Å². The molecular weight excluding hydrogens is 266 g/mol. The Bertz CT molecular complexity index is 570. The average molecular weight is 289 g/mol. The van der Waals surface area contributed by atoms with Crippen LogP contribution < -0.4 is 0 Å². The first-order chi connectivity index (χ1) is 9.86. The fourth-order valence-electron chi connectivity index (χ4n) is 3.32. The van der Waals surface area contributed by atoms with E-state index in [4.69, 9.17) is 0 Å². The van der Waals surface area contributed by atoms with Crippen molar-refractivity contribution in [2.75, 3.05) is 13.1 Å². The Morgan fingerprint density at radius 3 is 2.81 bits per heavy atom. The highest BCUT2D eigenvalue weighted by molar-refractivity contribution is 5.89. The molecule has 1 saturated heterocycles. The molecule has 0 spiro atoms. The molecule has 0 aromatic carbocycles.